The van der Waals surface area contributed by atoms with Crippen LogP contribution in [0.2, 0.25) is 0 Å². The van der Waals surface area contributed by atoms with Crippen LogP contribution in [0.15, 0.2) is 48.8 Å². The van der Waals surface area contributed by atoms with Crippen molar-refractivity contribution in [1.82, 2.24) is 15.0 Å². The summed E-state index contributed by atoms with van der Waals surface area (Å²) in [4.78, 5) is 13.1. The number of nitrogens with zero attached hydrogens (tertiary/aromatic N) is 3. The third-order valence-electron chi connectivity index (χ3n) is 4.02. The lowest BCUT2D eigenvalue weighted by Crippen LogP contribution is -2.17. The maximum absolute atomic E-state index is 4.56. The van der Waals surface area contributed by atoms with Crippen molar-refractivity contribution in [2.75, 3.05) is 5.32 Å². The van der Waals surface area contributed by atoms with Crippen LogP contribution in [0.25, 0.3) is 11.2 Å². The average Bonchev–Trinajstić information content (AvgIpc) is 2.55. The van der Waals surface area contributed by atoms with Crippen LogP contribution in [-0.2, 0) is 6.42 Å². The van der Waals surface area contributed by atoms with Crippen molar-refractivity contribution in [3.8, 4) is 0 Å². The first-order chi connectivity index (χ1) is 10.4. The number of benzene rings is 1. The maximum atomic E-state index is 4.56. The number of hydrogen-bond donors (Lipinski definition) is 1. The highest BCUT2D eigenvalue weighted by atomic mass is 15.0. The van der Waals surface area contributed by atoms with Crippen molar-refractivity contribution in [2.45, 2.75) is 25.3 Å². The lowest BCUT2D eigenvalue weighted by Gasteiger charge is -2.26. The Balaban J connectivity index is 1.66. The van der Waals surface area contributed by atoms with Crippen molar-refractivity contribution >= 4 is 17.0 Å². The summed E-state index contributed by atoms with van der Waals surface area (Å²) in [6.07, 6.45) is 6.88. The van der Waals surface area contributed by atoms with Crippen LogP contribution in [0.5, 0.6) is 0 Å². The molecule has 21 heavy (non-hydrogen) atoms. The van der Waals surface area contributed by atoms with Crippen LogP contribution in [-0.4, -0.2) is 15.0 Å². The third-order valence-corrected chi connectivity index (χ3v) is 4.02. The summed E-state index contributed by atoms with van der Waals surface area (Å²) < 4.78 is 0. The van der Waals surface area contributed by atoms with Gasteiger partial charge in [-0.2, -0.15) is 0 Å². The SMILES string of the molecule is c1ccc2c(c1)CCCC2Nc1ccc2nccnc2n1. The predicted molar refractivity (Wildman–Crippen MR) is 83.1 cm³/mol. The highest BCUT2D eigenvalue weighted by Crippen LogP contribution is 2.32. The van der Waals surface area contributed by atoms with Gasteiger partial charge in [-0.1, -0.05) is 24.3 Å². The summed E-state index contributed by atoms with van der Waals surface area (Å²) in [7, 11) is 0. The molecule has 1 aromatic carbocycles. The van der Waals surface area contributed by atoms with Gasteiger partial charge in [-0.05, 0) is 42.5 Å². The first-order valence-corrected chi connectivity index (χ1v) is 7.32. The van der Waals surface area contributed by atoms with E-state index in [-0.39, 0.29) is 0 Å². The molecule has 2 heterocycles. The number of rotatable bonds is 2. The zero-order chi connectivity index (χ0) is 14.1. The minimum absolute atomic E-state index is 0.330. The van der Waals surface area contributed by atoms with Gasteiger partial charge in [0.1, 0.15) is 11.3 Å². The summed E-state index contributed by atoms with van der Waals surface area (Å²) in [5.74, 6) is 0.865. The molecule has 0 bridgehead atoms. The van der Waals surface area contributed by atoms with Crippen molar-refractivity contribution in [2.24, 2.45) is 0 Å². The van der Waals surface area contributed by atoms with Gasteiger partial charge in [-0.15, -0.1) is 0 Å². The summed E-state index contributed by atoms with van der Waals surface area (Å²) in [5.41, 5.74) is 4.35. The lowest BCUT2D eigenvalue weighted by atomic mass is 9.88. The molecule has 104 valence electrons. The fourth-order valence-corrected chi connectivity index (χ4v) is 3.02. The van der Waals surface area contributed by atoms with Crippen LogP contribution in [0.4, 0.5) is 5.82 Å². The molecule has 0 aliphatic heterocycles. The molecule has 1 aliphatic rings. The van der Waals surface area contributed by atoms with Crippen LogP contribution in [0.1, 0.15) is 30.0 Å². The number of pyridine rings is 1. The van der Waals surface area contributed by atoms with Gasteiger partial charge >= 0.3 is 0 Å². The standard InChI is InChI=1S/C17H16N4/c1-2-6-13-12(4-1)5-3-7-14(13)20-16-9-8-15-17(21-16)19-11-10-18-15/h1-2,4,6,8-11,14H,3,5,7H2,(H,19,20,21). The zero-order valence-corrected chi connectivity index (χ0v) is 11.7. The lowest BCUT2D eigenvalue weighted by molar-refractivity contribution is 0.599. The Morgan fingerprint density at radius 1 is 1.00 bits per heavy atom. The molecule has 1 atom stereocenters. The Morgan fingerprint density at radius 3 is 2.90 bits per heavy atom. The quantitative estimate of drug-likeness (QED) is 0.778. The molecule has 1 N–H and O–H groups in total. The first kappa shape index (κ1) is 12.3. The highest BCUT2D eigenvalue weighted by Gasteiger charge is 2.19. The Bertz CT molecular complexity index is 784. The molecule has 4 rings (SSSR count). The molecule has 0 saturated heterocycles. The van der Waals surface area contributed by atoms with Gasteiger partial charge in [0, 0.05) is 12.4 Å². The fourth-order valence-electron chi connectivity index (χ4n) is 3.02. The molecule has 2 aromatic heterocycles. The average molecular weight is 276 g/mol. The Hall–Kier alpha value is -2.49. The van der Waals surface area contributed by atoms with E-state index in [2.05, 4.69) is 44.5 Å². The molecule has 0 saturated carbocycles. The molecule has 4 heteroatoms. The Kier molecular flexibility index (Phi) is 2.99. The van der Waals surface area contributed by atoms with E-state index in [4.69, 9.17) is 0 Å². The number of aromatic nitrogens is 3. The van der Waals surface area contributed by atoms with Gasteiger partial charge < -0.3 is 5.32 Å². The molecule has 0 radical (unpaired) electrons. The molecule has 0 amide bonds. The minimum Gasteiger partial charge on any atom is -0.363 e. The predicted octanol–water partition coefficient (Wildman–Crippen LogP) is 3.51. The molecule has 0 fully saturated rings. The number of hydrogen-bond acceptors (Lipinski definition) is 4. The van der Waals surface area contributed by atoms with Gasteiger partial charge in [0.15, 0.2) is 5.65 Å². The number of anilines is 1. The molecular formula is C17H16N4. The topological polar surface area (TPSA) is 50.7 Å². The fraction of sp³-hybridized carbons (Fsp3) is 0.235. The van der Waals surface area contributed by atoms with Crippen molar-refractivity contribution in [1.29, 1.82) is 0 Å². The molecule has 1 aliphatic carbocycles. The monoisotopic (exact) mass is 276 g/mol. The third kappa shape index (κ3) is 2.33. The summed E-state index contributed by atoms with van der Waals surface area (Å²) >= 11 is 0. The Labute approximate surface area is 123 Å². The summed E-state index contributed by atoms with van der Waals surface area (Å²) in [5, 5.41) is 3.55. The molecular weight excluding hydrogens is 260 g/mol. The normalized spacial score (nSPS) is 17.4. The molecule has 3 aromatic rings. The van der Waals surface area contributed by atoms with Gasteiger partial charge in [-0.25, -0.2) is 9.97 Å². The molecule has 0 spiro atoms. The number of nitrogens with one attached hydrogen (secondary N) is 1. The van der Waals surface area contributed by atoms with Gasteiger partial charge in [0.25, 0.3) is 0 Å². The van der Waals surface area contributed by atoms with E-state index in [0.717, 1.165) is 17.8 Å². The largest absolute Gasteiger partial charge is 0.363 e. The molecule has 4 nitrogen and oxygen atoms in total. The summed E-state index contributed by atoms with van der Waals surface area (Å²) in [6.45, 7) is 0. The number of aryl methyl sites for hydroxylation is 1. The van der Waals surface area contributed by atoms with Crippen molar-refractivity contribution < 1.29 is 0 Å². The van der Waals surface area contributed by atoms with Crippen molar-refractivity contribution in [3.63, 3.8) is 0 Å². The van der Waals surface area contributed by atoms with E-state index in [1.54, 1.807) is 12.4 Å². The second kappa shape index (κ2) is 5.13. The Morgan fingerprint density at radius 2 is 1.90 bits per heavy atom. The first-order valence-electron chi connectivity index (χ1n) is 7.32. The van der Waals surface area contributed by atoms with Crippen LogP contribution >= 0.6 is 0 Å². The van der Waals surface area contributed by atoms with Gasteiger partial charge in [-0.3, -0.25) is 4.98 Å². The van der Waals surface area contributed by atoms with Crippen molar-refractivity contribution in [3.05, 3.63) is 59.9 Å². The maximum Gasteiger partial charge on any atom is 0.180 e. The van der Waals surface area contributed by atoms with E-state index < -0.39 is 0 Å². The second-order valence-electron chi connectivity index (χ2n) is 5.38. The molecule has 1 unspecified atom stereocenters. The number of fused-ring (bicyclic) bond motifs is 2. The van der Waals surface area contributed by atoms with E-state index in [1.807, 2.05) is 12.1 Å². The zero-order valence-electron chi connectivity index (χ0n) is 11.7. The van der Waals surface area contributed by atoms with E-state index in [1.165, 1.54) is 24.0 Å². The minimum atomic E-state index is 0.330. The van der Waals surface area contributed by atoms with Gasteiger partial charge in [0.05, 0.1) is 6.04 Å². The van der Waals surface area contributed by atoms with Crippen LogP contribution in [0, 0.1) is 0 Å². The highest BCUT2D eigenvalue weighted by molar-refractivity contribution is 5.71. The van der Waals surface area contributed by atoms with Crippen LogP contribution < -0.4 is 5.32 Å². The van der Waals surface area contributed by atoms with Gasteiger partial charge in [0.2, 0.25) is 0 Å². The van der Waals surface area contributed by atoms with E-state index >= 15 is 0 Å². The second-order valence-corrected chi connectivity index (χ2v) is 5.38. The smallest absolute Gasteiger partial charge is 0.180 e. The van der Waals surface area contributed by atoms with E-state index in [0.29, 0.717) is 11.7 Å². The summed E-state index contributed by atoms with van der Waals surface area (Å²) in [6, 6.07) is 12.9. The van der Waals surface area contributed by atoms with E-state index in [9.17, 15) is 0 Å². The van der Waals surface area contributed by atoms with Crippen LogP contribution in [0.3, 0.4) is 0 Å².